The zero-order chi connectivity index (χ0) is 13.7. The normalized spacial score (nSPS) is 14.3. The molecule has 0 bridgehead atoms. The van der Waals surface area contributed by atoms with Crippen LogP contribution in [0.2, 0.25) is 0 Å². The standard InChI is InChI=1S/C8H8O2.C6H6O2/c1-5-6(2)8(10)4-3-7(5)9;7-5-1-2-6(8)4-3-5/h3-4H,1-2H3;1-4,7-8H. The molecule has 1 aromatic rings. The lowest BCUT2D eigenvalue weighted by Crippen LogP contribution is -2.09. The van der Waals surface area contributed by atoms with Crippen molar-refractivity contribution < 1.29 is 19.8 Å². The molecule has 0 spiro atoms. The molecular weight excluding hydrogens is 232 g/mol. The number of rotatable bonds is 0. The van der Waals surface area contributed by atoms with Crippen LogP contribution in [0.1, 0.15) is 13.8 Å². The van der Waals surface area contributed by atoms with Gasteiger partial charge in [-0.1, -0.05) is 0 Å². The molecule has 18 heavy (non-hydrogen) atoms. The van der Waals surface area contributed by atoms with E-state index in [-0.39, 0.29) is 23.1 Å². The molecule has 0 unspecified atom stereocenters. The van der Waals surface area contributed by atoms with Crippen LogP contribution >= 0.6 is 0 Å². The maximum Gasteiger partial charge on any atom is 0.182 e. The van der Waals surface area contributed by atoms with Crippen LogP contribution in [-0.2, 0) is 9.59 Å². The molecular formula is C14H14O4. The smallest absolute Gasteiger partial charge is 0.182 e. The van der Waals surface area contributed by atoms with Gasteiger partial charge >= 0.3 is 0 Å². The van der Waals surface area contributed by atoms with Gasteiger partial charge in [0.05, 0.1) is 0 Å². The Labute approximate surface area is 105 Å². The Balaban J connectivity index is 0.000000184. The topological polar surface area (TPSA) is 74.6 Å². The molecule has 0 fully saturated rings. The maximum atomic E-state index is 10.9. The molecule has 0 saturated heterocycles. The number of ketones is 2. The van der Waals surface area contributed by atoms with Crippen molar-refractivity contribution >= 4 is 11.6 Å². The second-order valence-electron chi connectivity index (χ2n) is 3.83. The van der Waals surface area contributed by atoms with E-state index in [1.165, 1.54) is 36.4 Å². The number of allylic oxidation sites excluding steroid dienone is 4. The summed E-state index contributed by atoms with van der Waals surface area (Å²) in [5.74, 6) is 0.222. The van der Waals surface area contributed by atoms with E-state index in [0.717, 1.165) is 0 Å². The molecule has 94 valence electrons. The second kappa shape index (κ2) is 5.82. The molecule has 1 aromatic carbocycles. The number of benzene rings is 1. The molecule has 4 heteroatoms. The monoisotopic (exact) mass is 246 g/mol. The van der Waals surface area contributed by atoms with Crippen molar-refractivity contribution in [3.05, 3.63) is 47.6 Å². The summed E-state index contributed by atoms with van der Waals surface area (Å²) in [5.41, 5.74) is 1.13. The van der Waals surface area contributed by atoms with E-state index in [4.69, 9.17) is 10.2 Å². The molecule has 0 aliphatic heterocycles. The van der Waals surface area contributed by atoms with Crippen molar-refractivity contribution in [2.75, 3.05) is 0 Å². The van der Waals surface area contributed by atoms with Crippen molar-refractivity contribution in [2.24, 2.45) is 0 Å². The number of aromatic hydroxyl groups is 2. The van der Waals surface area contributed by atoms with Crippen molar-refractivity contribution in [1.82, 2.24) is 0 Å². The van der Waals surface area contributed by atoms with Gasteiger partial charge in [-0.15, -0.1) is 0 Å². The highest BCUT2D eigenvalue weighted by Gasteiger charge is 2.14. The zero-order valence-corrected chi connectivity index (χ0v) is 10.2. The number of hydrogen-bond donors (Lipinski definition) is 2. The summed E-state index contributed by atoms with van der Waals surface area (Å²) in [7, 11) is 0. The minimum absolute atomic E-state index is 0.0582. The summed E-state index contributed by atoms with van der Waals surface area (Å²) in [6.07, 6.45) is 2.62. The molecule has 0 atom stereocenters. The van der Waals surface area contributed by atoms with Crippen molar-refractivity contribution in [1.29, 1.82) is 0 Å². The van der Waals surface area contributed by atoms with Crippen LogP contribution in [0, 0.1) is 0 Å². The molecule has 1 aliphatic rings. The van der Waals surface area contributed by atoms with E-state index in [1.54, 1.807) is 13.8 Å². The van der Waals surface area contributed by atoms with Gasteiger partial charge in [-0.2, -0.15) is 0 Å². The number of phenolic OH excluding ortho intramolecular Hbond substituents is 2. The fraction of sp³-hybridized carbons (Fsp3) is 0.143. The van der Waals surface area contributed by atoms with Gasteiger partial charge in [0.2, 0.25) is 0 Å². The average Bonchev–Trinajstić information content (AvgIpc) is 2.36. The van der Waals surface area contributed by atoms with Gasteiger partial charge in [-0.25, -0.2) is 0 Å². The Kier molecular flexibility index (Phi) is 4.43. The number of carbonyl (C=O) groups is 2. The Hall–Kier alpha value is -2.36. The molecule has 1 aliphatic carbocycles. The van der Waals surface area contributed by atoms with E-state index in [9.17, 15) is 9.59 Å². The van der Waals surface area contributed by atoms with Gasteiger partial charge in [0.15, 0.2) is 11.6 Å². The largest absolute Gasteiger partial charge is 0.508 e. The first-order valence-corrected chi connectivity index (χ1v) is 5.34. The van der Waals surface area contributed by atoms with Gasteiger partial charge in [0, 0.05) is 11.1 Å². The molecule has 0 heterocycles. The fourth-order valence-corrected chi connectivity index (χ4v) is 1.22. The van der Waals surface area contributed by atoms with Crippen LogP contribution < -0.4 is 0 Å². The quantitative estimate of drug-likeness (QED) is 0.543. The zero-order valence-electron chi connectivity index (χ0n) is 10.2. The highest BCUT2D eigenvalue weighted by molar-refractivity contribution is 6.19. The Morgan fingerprint density at radius 1 is 0.722 bits per heavy atom. The number of hydrogen-bond acceptors (Lipinski definition) is 4. The summed E-state index contributed by atoms with van der Waals surface area (Å²) in [4.78, 5) is 21.7. The highest BCUT2D eigenvalue weighted by atomic mass is 16.3. The first-order chi connectivity index (χ1) is 8.41. The van der Waals surface area contributed by atoms with Gasteiger partial charge in [-0.05, 0) is 50.3 Å². The van der Waals surface area contributed by atoms with Crippen LogP contribution in [0.3, 0.4) is 0 Å². The highest BCUT2D eigenvalue weighted by Crippen LogP contribution is 2.13. The number of carbonyl (C=O) groups excluding carboxylic acids is 2. The third-order valence-corrected chi connectivity index (χ3v) is 2.54. The fourth-order valence-electron chi connectivity index (χ4n) is 1.22. The van der Waals surface area contributed by atoms with Crippen LogP contribution in [0.4, 0.5) is 0 Å². The molecule has 0 aromatic heterocycles. The molecule has 0 radical (unpaired) electrons. The van der Waals surface area contributed by atoms with Crippen LogP contribution in [-0.4, -0.2) is 21.8 Å². The Morgan fingerprint density at radius 2 is 1.00 bits per heavy atom. The third kappa shape index (κ3) is 3.59. The third-order valence-electron chi connectivity index (χ3n) is 2.54. The first kappa shape index (κ1) is 13.7. The summed E-state index contributed by atoms with van der Waals surface area (Å²) in [6, 6.07) is 5.70. The van der Waals surface area contributed by atoms with E-state index in [2.05, 4.69) is 0 Å². The SMILES string of the molecule is CC1=C(C)C(=O)C=CC1=O.Oc1ccc(O)cc1. The maximum absolute atomic E-state index is 10.9. The second-order valence-corrected chi connectivity index (χ2v) is 3.83. The van der Waals surface area contributed by atoms with E-state index < -0.39 is 0 Å². The summed E-state index contributed by atoms with van der Waals surface area (Å²) >= 11 is 0. The molecule has 0 saturated carbocycles. The van der Waals surface area contributed by atoms with Crippen LogP contribution in [0.5, 0.6) is 11.5 Å². The summed E-state index contributed by atoms with van der Waals surface area (Å²) in [5, 5.41) is 17.3. The molecule has 4 nitrogen and oxygen atoms in total. The summed E-state index contributed by atoms with van der Waals surface area (Å²) < 4.78 is 0. The predicted octanol–water partition coefficient (Wildman–Crippen LogP) is 2.13. The van der Waals surface area contributed by atoms with Crippen LogP contribution in [0.15, 0.2) is 47.6 Å². The average molecular weight is 246 g/mol. The van der Waals surface area contributed by atoms with E-state index in [1.807, 2.05) is 0 Å². The lowest BCUT2D eigenvalue weighted by Gasteiger charge is -2.04. The summed E-state index contributed by atoms with van der Waals surface area (Å²) in [6.45, 7) is 3.33. The van der Waals surface area contributed by atoms with Gasteiger partial charge < -0.3 is 10.2 Å². The predicted molar refractivity (Wildman–Crippen MR) is 67.3 cm³/mol. The van der Waals surface area contributed by atoms with Gasteiger partial charge in [0.1, 0.15) is 11.5 Å². The minimum atomic E-state index is -0.0582. The lowest BCUT2D eigenvalue weighted by atomic mass is 9.98. The molecule has 2 N–H and O–H groups in total. The Morgan fingerprint density at radius 3 is 1.28 bits per heavy atom. The van der Waals surface area contributed by atoms with Crippen molar-refractivity contribution in [3.63, 3.8) is 0 Å². The van der Waals surface area contributed by atoms with E-state index in [0.29, 0.717) is 11.1 Å². The Bertz CT molecular complexity index is 474. The van der Waals surface area contributed by atoms with E-state index >= 15 is 0 Å². The first-order valence-electron chi connectivity index (χ1n) is 5.34. The van der Waals surface area contributed by atoms with Crippen molar-refractivity contribution in [2.45, 2.75) is 13.8 Å². The minimum Gasteiger partial charge on any atom is -0.508 e. The lowest BCUT2D eigenvalue weighted by molar-refractivity contribution is -0.115. The molecule has 0 amide bonds. The van der Waals surface area contributed by atoms with Gasteiger partial charge in [0.25, 0.3) is 0 Å². The van der Waals surface area contributed by atoms with Crippen LogP contribution in [0.25, 0.3) is 0 Å². The molecule has 2 rings (SSSR count). The van der Waals surface area contributed by atoms with Crippen molar-refractivity contribution in [3.8, 4) is 11.5 Å². The van der Waals surface area contributed by atoms with Gasteiger partial charge in [-0.3, -0.25) is 9.59 Å². The number of phenols is 2.